The summed E-state index contributed by atoms with van der Waals surface area (Å²) in [6.07, 6.45) is 3.06. The first kappa shape index (κ1) is 9.72. The van der Waals surface area contributed by atoms with Gasteiger partial charge in [0.2, 0.25) is 0 Å². The zero-order valence-electron chi connectivity index (χ0n) is 5.90. The number of thioether (sulfide) groups is 1. The zero-order valence-corrected chi connectivity index (χ0v) is 8.87. The van der Waals surface area contributed by atoms with Crippen LogP contribution in [0.3, 0.4) is 0 Å². The molecule has 0 bridgehead atoms. The van der Waals surface area contributed by atoms with Gasteiger partial charge in [-0.3, -0.25) is 4.79 Å². The van der Waals surface area contributed by atoms with Crippen molar-refractivity contribution in [3.05, 3.63) is 16.1 Å². The molecule has 1 aromatic heterocycles. The Morgan fingerprint density at radius 2 is 2.50 bits per heavy atom. The van der Waals surface area contributed by atoms with E-state index in [1.54, 1.807) is 6.20 Å². The normalized spacial score (nSPS) is 9.75. The Morgan fingerprint density at radius 3 is 3.08 bits per heavy atom. The fraction of sp³-hybridized carbons (Fsp3) is 0.167. The molecule has 1 heterocycles. The second kappa shape index (κ2) is 4.61. The van der Waals surface area contributed by atoms with E-state index >= 15 is 0 Å². The molecule has 0 aliphatic rings. The van der Waals surface area contributed by atoms with Crippen LogP contribution >= 0.6 is 34.4 Å². The molecule has 0 aliphatic carbocycles. The summed E-state index contributed by atoms with van der Waals surface area (Å²) in [5.74, 6) is -0.804. The van der Waals surface area contributed by atoms with Crippen LogP contribution in [0.15, 0.2) is 17.6 Å². The summed E-state index contributed by atoms with van der Waals surface area (Å²) in [7, 11) is 0. The fourth-order valence-corrected chi connectivity index (χ4v) is 1.88. The first-order valence-electron chi connectivity index (χ1n) is 3.00. The van der Waals surface area contributed by atoms with Crippen LogP contribution in [0.2, 0.25) is 0 Å². The monoisotopic (exact) mass is 296 g/mol. The minimum absolute atomic E-state index is 0.0347. The van der Waals surface area contributed by atoms with Crippen molar-refractivity contribution in [3.8, 4) is 0 Å². The molecular formula is C6H5IN2O2S. The van der Waals surface area contributed by atoms with E-state index in [1.807, 2.05) is 0 Å². The maximum Gasteiger partial charge on any atom is 0.313 e. The van der Waals surface area contributed by atoms with Crippen LogP contribution in [0.25, 0.3) is 0 Å². The van der Waals surface area contributed by atoms with Gasteiger partial charge in [-0.15, -0.1) is 0 Å². The van der Waals surface area contributed by atoms with Gasteiger partial charge in [-0.05, 0) is 22.6 Å². The topological polar surface area (TPSA) is 63.1 Å². The Balaban J connectivity index is 2.63. The molecule has 6 heteroatoms. The lowest BCUT2D eigenvalue weighted by Crippen LogP contribution is -1.99. The summed E-state index contributed by atoms with van der Waals surface area (Å²) in [6, 6.07) is 0. The fourth-order valence-electron chi connectivity index (χ4n) is 0.538. The molecule has 0 amide bonds. The number of hydrogen-bond acceptors (Lipinski definition) is 4. The van der Waals surface area contributed by atoms with Gasteiger partial charge in [-0.25, -0.2) is 9.97 Å². The maximum absolute atomic E-state index is 10.2. The van der Waals surface area contributed by atoms with E-state index in [-0.39, 0.29) is 5.75 Å². The predicted molar refractivity (Wildman–Crippen MR) is 53.1 cm³/mol. The molecular weight excluding hydrogens is 291 g/mol. The number of aromatic nitrogens is 2. The molecule has 0 radical (unpaired) electrons. The highest BCUT2D eigenvalue weighted by Gasteiger charge is 2.03. The molecule has 4 nitrogen and oxygen atoms in total. The average molecular weight is 296 g/mol. The van der Waals surface area contributed by atoms with Crippen LogP contribution in [0.4, 0.5) is 0 Å². The third kappa shape index (κ3) is 2.94. The largest absolute Gasteiger partial charge is 0.481 e. The molecule has 0 aliphatic heterocycles. The standard InChI is InChI=1S/C6H5IN2O2S/c7-4-1-8-3-9-6(4)12-2-5(10)11/h1,3H,2H2,(H,10,11). The van der Waals surface area contributed by atoms with Gasteiger partial charge in [0.05, 0.1) is 9.32 Å². The van der Waals surface area contributed by atoms with E-state index in [2.05, 4.69) is 32.6 Å². The minimum Gasteiger partial charge on any atom is -0.481 e. The quantitative estimate of drug-likeness (QED) is 0.517. The Bertz CT molecular complexity index is 295. The Kier molecular flexibility index (Phi) is 3.73. The lowest BCUT2D eigenvalue weighted by atomic mass is 10.7. The highest BCUT2D eigenvalue weighted by molar-refractivity contribution is 14.1. The van der Waals surface area contributed by atoms with Gasteiger partial charge in [0.25, 0.3) is 0 Å². The van der Waals surface area contributed by atoms with Gasteiger partial charge < -0.3 is 5.11 Å². The number of carboxylic acid groups (broad SMARTS) is 1. The molecule has 12 heavy (non-hydrogen) atoms. The molecule has 1 N–H and O–H groups in total. The number of aliphatic carboxylic acids is 1. The van der Waals surface area contributed by atoms with Gasteiger partial charge in [-0.1, -0.05) is 11.8 Å². The van der Waals surface area contributed by atoms with E-state index < -0.39 is 5.97 Å². The number of nitrogens with zero attached hydrogens (tertiary/aromatic N) is 2. The Morgan fingerprint density at radius 1 is 1.75 bits per heavy atom. The van der Waals surface area contributed by atoms with Gasteiger partial charge in [-0.2, -0.15) is 0 Å². The van der Waals surface area contributed by atoms with Crippen LogP contribution in [0.5, 0.6) is 0 Å². The summed E-state index contributed by atoms with van der Waals surface area (Å²) < 4.78 is 0.876. The first-order valence-corrected chi connectivity index (χ1v) is 5.06. The number of carboxylic acids is 1. The summed E-state index contributed by atoms with van der Waals surface area (Å²) in [6.45, 7) is 0. The maximum atomic E-state index is 10.2. The van der Waals surface area contributed by atoms with Crippen LogP contribution < -0.4 is 0 Å². The predicted octanol–water partition coefficient (Wildman–Crippen LogP) is 1.26. The van der Waals surface area contributed by atoms with E-state index in [9.17, 15) is 4.79 Å². The number of rotatable bonds is 3. The summed E-state index contributed by atoms with van der Waals surface area (Å²) >= 11 is 3.27. The summed E-state index contributed by atoms with van der Waals surface area (Å²) in [4.78, 5) is 17.9. The molecule has 0 saturated carbocycles. The molecule has 0 spiro atoms. The third-order valence-electron chi connectivity index (χ3n) is 0.966. The third-order valence-corrected chi connectivity index (χ3v) is 3.11. The molecule has 1 aromatic rings. The number of carbonyl (C=O) groups is 1. The minimum atomic E-state index is -0.839. The van der Waals surface area contributed by atoms with Crippen LogP contribution in [-0.2, 0) is 4.79 Å². The average Bonchev–Trinajstić information content (AvgIpc) is 2.03. The number of hydrogen-bond donors (Lipinski definition) is 1. The van der Waals surface area contributed by atoms with Crippen molar-refractivity contribution in [2.24, 2.45) is 0 Å². The van der Waals surface area contributed by atoms with Gasteiger partial charge in [0.15, 0.2) is 0 Å². The van der Waals surface area contributed by atoms with Crippen LogP contribution in [0, 0.1) is 3.57 Å². The van der Waals surface area contributed by atoms with E-state index in [0.717, 1.165) is 3.57 Å². The van der Waals surface area contributed by atoms with Crippen LogP contribution in [-0.4, -0.2) is 26.8 Å². The lowest BCUT2D eigenvalue weighted by Gasteiger charge is -1.98. The molecule has 0 unspecified atom stereocenters. The highest BCUT2D eigenvalue weighted by Crippen LogP contribution is 2.19. The second-order valence-electron chi connectivity index (χ2n) is 1.86. The van der Waals surface area contributed by atoms with Gasteiger partial charge in [0, 0.05) is 6.20 Å². The van der Waals surface area contributed by atoms with Crippen LogP contribution in [0.1, 0.15) is 0 Å². The Hall–Kier alpha value is -0.370. The van der Waals surface area contributed by atoms with Crippen molar-refractivity contribution in [1.29, 1.82) is 0 Å². The van der Waals surface area contributed by atoms with Crippen molar-refractivity contribution >= 4 is 40.3 Å². The smallest absolute Gasteiger partial charge is 0.313 e. The molecule has 1 rings (SSSR count). The van der Waals surface area contributed by atoms with Crippen molar-refractivity contribution in [2.75, 3.05) is 5.75 Å². The van der Waals surface area contributed by atoms with Crippen molar-refractivity contribution in [2.45, 2.75) is 5.03 Å². The van der Waals surface area contributed by atoms with Gasteiger partial charge >= 0.3 is 5.97 Å². The first-order chi connectivity index (χ1) is 5.70. The van der Waals surface area contributed by atoms with Crippen molar-refractivity contribution < 1.29 is 9.90 Å². The summed E-state index contributed by atoms with van der Waals surface area (Å²) in [5.41, 5.74) is 0. The van der Waals surface area contributed by atoms with E-state index in [1.165, 1.54) is 18.1 Å². The Labute approximate surface area is 86.9 Å². The van der Waals surface area contributed by atoms with Gasteiger partial charge in [0.1, 0.15) is 11.4 Å². The molecule has 0 aromatic carbocycles. The summed E-state index contributed by atoms with van der Waals surface area (Å²) in [5, 5.41) is 9.11. The highest BCUT2D eigenvalue weighted by atomic mass is 127. The van der Waals surface area contributed by atoms with Crippen molar-refractivity contribution in [3.63, 3.8) is 0 Å². The molecule has 64 valence electrons. The lowest BCUT2D eigenvalue weighted by molar-refractivity contribution is -0.133. The molecule has 0 fully saturated rings. The molecule has 0 saturated heterocycles. The zero-order chi connectivity index (χ0) is 8.97. The second-order valence-corrected chi connectivity index (χ2v) is 3.98. The SMILES string of the molecule is O=C(O)CSc1ncncc1I. The number of halogens is 1. The molecule has 0 atom stereocenters. The van der Waals surface area contributed by atoms with E-state index in [4.69, 9.17) is 5.11 Å². The van der Waals surface area contributed by atoms with E-state index in [0.29, 0.717) is 5.03 Å². The van der Waals surface area contributed by atoms with Crippen molar-refractivity contribution in [1.82, 2.24) is 9.97 Å².